The summed E-state index contributed by atoms with van der Waals surface area (Å²) in [6.07, 6.45) is 5.80. The van der Waals surface area contributed by atoms with Crippen LogP contribution in [-0.4, -0.2) is 35.2 Å². The van der Waals surface area contributed by atoms with Gasteiger partial charge in [0.2, 0.25) is 0 Å². The molecule has 1 aromatic heterocycles. The summed E-state index contributed by atoms with van der Waals surface area (Å²) in [4.78, 5) is 28.1. The number of methoxy groups -OCH3 is 1. The van der Waals surface area contributed by atoms with Crippen molar-refractivity contribution in [1.82, 2.24) is 4.98 Å². The molecule has 0 amide bonds. The molecule has 1 heterocycles. The molecule has 0 atom stereocenters. The van der Waals surface area contributed by atoms with Crippen LogP contribution >= 0.6 is 0 Å². The summed E-state index contributed by atoms with van der Waals surface area (Å²) in [6.45, 7) is 11.1. The van der Waals surface area contributed by atoms with Crippen LogP contribution in [0.3, 0.4) is 0 Å². The Hall–Kier alpha value is -2.11. The van der Waals surface area contributed by atoms with Gasteiger partial charge >= 0.3 is 11.9 Å². The highest BCUT2D eigenvalue weighted by Gasteiger charge is 2.19. The summed E-state index contributed by atoms with van der Waals surface area (Å²) >= 11 is 0. The van der Waals surface area contributed by atoms with E-state index < -0.39 is 11.2 Å². The number of carbonyl (C=O) groups excluding carboxylic acids is 2. The van der Waals surface area contributed by atoms with Gasteiger partial charge in [-0.1, -0.05) is 0 Å². The van der Waals surface area contributed by atoms with Gasteiger partial charge in [0.05, 0.1) is 13.3 Å². The zero-order valence-corrected chi connectivity index (χ0v) is 17.7. The number of pyridine rings is 1. The average Bonchev–Trinajstić information content (AvgIpc) is 2.49. The van der Waals surface area contributed by atoms with Crippen molar-refractivity contribution in [2.24, 2.45) is 0 Å². The normalized spacial score (nSPS) is 11.8. The second-order valence-corrected chi connectivity index (χ2v) is 8.51. The summed E-state index contributed by atoms with van der Waals surface area (Å²) in [5, 5.41) is 0. The third-order valence-corrected chi connectivity index (χ3v) is 3.57. The minimum absolute atomic E-state index is 0.214. The van der Waals surface area contributed by atoms with E-state index in [2.05, 4.69) is 4.98 Å². The van der Waals surface area contributed by atoms with E-state index in [9.17, 15) is 9.59 Å². The van der Waals surface area contributed by atoms with Gasteiger partial charge in [0.15, 0.2) is 0 Å². The van der Waals surface area contributed by atoms with Gasteiger partial charge in [0.1, 0.15) is 17.0 Å². The topological polar surface area (TPSA) is 74.7 Å². The number of rotatable bonds is 8. The molecule has 0 saturated carbocycles. The van der Waals surface area contributed by atoms with E-state index in [1.807, 2.05) is 41.5 Å². The zero-order valence-electron chi connectivity index (χ0n) is 17.7. The molecule has 0 spiro atoms. The molecule has 0 aromatic carbocycles. The van der Waals surface area contributed by atoms with Crippen LogP contribution in [0.4, 0.5) is 0 Å². The van der Waals surface area contributed by atoms with Crippen molar-refractivity contribution in [3.63, 3.8) is 0 Å². The number of aromatic nitrogens is 1. The van der Waals surface area contributed by atoms with E-state index >= 15 is 0 Å². The first-order valence-corrected chi connectivity index (χ1v) is 9.35. The summed E-state index contributed by atoms with van der Waals surface area (Å²) in [6, 6.07) is 0. The second kappa shape index (κ2) is 9.72. The Bertz CT molecular complexity index is 641. The first kappa shape index (κ1) is 22.9. The van der Waals surface area contributed by atoms with Crippen molar-refractivity contribution in [2.75, 3.05) is 7.11 Å². The summed E-state index contributed by atoms with van der Waals surface area (Å²) in [5.41, 5.74) is 0.923. The van der Waals surface area contributed by atoms with Gasteiger partial charge in [-0.2, -0.15) is 0 Å². The van der Waals surface area contributed by atoms with Gasteiger partial charge in [-0.3, -0.25) is 14.6 Å². The molecule has 0 aliphatic rings. The molecule has 152 valence electrons. The number of carbonyl (C=O) groups is 2. The third-order valence-electron chi connectivity index (χ3n) is 3.57. The highest BCUT2D eigenvalue weighted by molar-refractivity contribution is 5.70. The molecular weight excluding hydrogens is 346 g/mol. The largest absolute Gasteiger partial charge is 0.495 e. The summed E-state index contributed by atoms with van der Waals surface area (Å²) < 4.78 is 16.1. The first-order valence-electron chi connectivity index (χ1n) is 9.35. The number of aryl methyl sites for hydroxylation is 1. The molecule has 0 bridgehead atoms. The van der Waals surface area contributed by atoms with Crippen molar-refractivity contribution in [3.05, 3.63) is 23.5 Å². The van der Waals surface area contributed by atoms with Crippen LogP contribution in [0.1, 0.15) is 71.9 Å². The Morgan fingerprint density at radius 1 is 0.889 bits per heavy atom. The summed E-state index contributed by atoms with van der Waals surface area (Å²) in [5.74, 6) is 0.183. The van der Waals surface area contributed by atoms with Gasteiger partial charge in [0.25, 0.3) is 0 Å². The van der Waals surface area contributed by atoms with E-state index in [-0.39, 0.29) is 18.4 Å². The van der Waals surface area contributed by atoms with E-state index in [1.54, 1.807) is 19.5 Å². The fourth-order valence-electron chi connectivity index (χ4n) is 2.62. The van der Waals surface area contributed by atoms with Crippen molar-refractivity contribution < 1.29 is 23.8 Å². The quantitative estimate of drug-likeness (QED) is 0.635. The van der Waals surface area contributed by atoms with E-state index in [0.717, 1.165) is 11.1 Å². The lowest BCUT2D eigenvalue weighted by Gasteiger charge is -2.20. The number of esters is 2. The molecule has 1 rings (SSSR count). The smallest absolute Gasteiger partial charge is 0.306 e. The standard InChI is InChI=1S/C21H33NO5/c1-20(2,3)26-18(23)10-8-9-15-13-22-14-17(25-7)16(15)11-12-19(24)27-21(4,5)6/h13-14H,8-12H2,1-7H3. The Kier molecular flexibility index (Phi) is 8.25. The van der Waals surface area contributed by atoms with Crippen LogP contribution in [0.25, 0.3) is 0 Å². The van der Waals surface area contributed by atoms with Crippen molar-refractivity contribution in [2.45, 2.75) is 84.8 Å². The van der Waals surface area contributed by atoms with E-state index in [1.165, 1.54) is 0 Å². The Balaban J connectivity index is 2.72. The molecule has 27 heavy (non-hydrogen) atoms. The minimum Gasteiger partial charge on any atom is -0.495 e. The highest BCUT2D eigenvalue weighted by Crippen LogP contribution is 2.25. The number of nitrogens with zero attached hydrogens (tertiary/aromatic N) is 1. The van der Waals surface area contributed by atoms with Crippen molar-refractivity contribution in [3.8, 4) is 5.75 Å². The predicted molar refractivity (Wildman–Crippen MR) is 104 cm³/mol. The van der Waals surface area contributed by atoms with Gasteiger partial charge in [-0.05, 0) is 66.4 Å². The Morgan fingerprint density at radius 3 is 1.96 bits per heavy atom. The van der Waals surface area contributed by atoms with E-state index in [0.29, 0.717) is 31.4 Å². The molecule has 0 unspecified atom stereocenters. The Labute approximate surface area is 162 Å². The fraction of sp³-hybridized carbons (Fsp3) is 0.667. The lowest BCUT2D eigenvalue weighted by molar-refractivity contribution is -0.155. The molecule has 0 saturated heterocycles. The number of ether oxygens (including phenoxy) is 3. The van der Waals surface area contributed by atoms with Gasteiger partial charge in [-0.25, -0.2) is 0 Å². The van der Waals surface area contributed by atoms with Crippen LogP contribution in [-0.2, 0) is 31.9 Å². The lowest BCUT2D eigenvalue weighted by atomic mass is 9.99. The lowest BCUT2D eigenvalue weighted by Crippen LogP contribution is -2.24. The van der Waals surface area contributed by atoms with Gasteiger partial charge < -0.3 is 14.2 Å². The predicted octanol–water partition coefficient (Wildman–Crippen LogP) is 4.03. The van der Waals surface area contributed by atoms with E-state index in [4.69, 9.17) is 14.2 Å². The molecule has 1 aromatic rings. The monoisotopic (exact) mass is 379 g/mol. The second-order valence-electron chi connectivity index (χ2n) is 8.51. The molecule has 0 radical (unpaired) electrons. The van der Waals surface area contributed by atoms with Crippen LogP contribution in [0.2, 0.25) is 0 Å². The third kappa shape index (κ3) is 9.40. The Morgan fingerprint density at radius 2 is 1.44 bits per heavy atom. The van der Waals surface area contributed by atoms with Crippen LogP contribution < -0.4 is 4.74 Å². The molecule has 0 N–H and O–H groups in total. The average molecular weight is 379 g/mol. The van der Waals surface area contributed by atoms with Crippen LogP contribution in [0.15, 0.2) is 12.4 Å². The van der Waals surface area contributed by atoms with Gasteiger partial charge in [-0.15, -0.1) is 0 Å². The highest BCUT2D eigenvalue weighted by atomic mass is 16.6. The molecule has 0 fully saturated rings. The summed E-state index contributed by atoms with van der Waals surface area (Å²) in [7, 11) is 1.58. The van der Waals surface area contributed by atoms with Crippen molar-refractivity contribution in [1.29, 1.82) is 0 Å². The van der Waals surface area contributed by atoms with Gasteiger partial charge in [0, 0.05) is 24.6 Å². The zero-order chi connectivity index (χ0) is 20.7. The molecular formula is C21H33NO5. The molecule has 0 aliphatic carbocycles. The first-order chi connectivity index (χ1) is 12.4. The fourth-order valence-corrected chi connectivity index (χ4v) is 2.62. The number of hydrogen-bond acceptors (Lipinski definition) is 6. The van der Waals surface area contributed by atoms with Crippen LogP contribution in [0.5, 0.6) is 5.75 Å². The van der Waals surface area contributed by atoms with Crippen molar-refractivity contribution >= 4 is 11.9 Å². The molecule has 6 heteroatoms. The SMILES string of the molecule is COc1cncc(CCCC(=O)OC(C)(C)C)c1CCC(=O)OC(C)(C)C. The maximum absolute atomic E-state index is 12.0. The maximum atomic E-state index is 12.0. The maximum Gasteiger partial charge on any atom is 0.306 e. The molecule has 6 nitrogen and oxygen atoms in total. The van der Waals surface area contributed by atoms with Crippen LogP contribution in [0, 0.1) is 0 Å². The minimum atomic E-state index is -0.504. The molecule has 0 aliphatic heterocycles. The number of hydrogen-bond donors (Lipinski definition) is 0.